The summed E-state index contributed by atoms with van der Waals surface area (Å²) in [5.41, 5.74) is 0.353. The Morgan fingerprint density at radius 3 is 2.44 bits per heavy atom. The van der Waals surface area contributed by atoms with Crippen LogP contribution in [0.3, 0.4) is 0 Å². The lowest BCUT2D eigenvalue weighted by Gasteiger charge is -2.35. The highest BCUT2D eigenvalue weighted by atomic mass is 16.5. The zero-order chi connectivity index (χ0) is 12.0. The summed E-state index contributed by atoms with van der Waals surface area (Å²) < 4.78 is 4.93. The van der Waals surface area contributed by atoms with Crippen molar-refractivity contribution in [1.82, 2.24) is 5.32 Å². The van der Waals surface area contributed by atoms with E-state index in [9.17, 15) is 4.79 Å². The monoisotopic (exact) mass is 221 g/mol. The van der Waals surface area contributed by atoms with E-state index in [2.05, 4.69) is 18.5 Å². The Bertz CT molecular complexity index is 312. The first-order valence-corrected chi connectivity index (χ1v) is 5.46. The van der Waals surface area contributed by atoms with Crippen molar-refractivity contribution in [2.45, 2.75) is 12.8 Å². The van der Waals surface area contributed by atoms with E-state index in [0.717, 1.165) is 31.5 Å². The van der Waals surface area contributed by atoms with Crippen molar-refractivity contribution in [3.63, 3.8) is 0 Å². The molecular weight excluding hydrogens is 202 g/mol. The van der Waals surface area contributed by atoms with Gasteiger partial charge in [-0.3, -0.25) is 4.79 Å². The third kappa shape index (κ3) is 2.25. The van der Waals surface area contributed by atoms with Crippen LogP contribution in [0.25, 0.3) is 0 Å². The molecule has 0 atom stereocenters. The van der Waals surface area contributed by atoms with Crippen LogP contribution in [0, 0.1) is 5.41 Å². The molecule has 1 heterocycles. The first-order chi connectivity index (χ1) is 7.71. The maximum atomic E-state index is 12.0. The summed E-state index contributed by atoms with van der Waals surface area (Å²) in [6.45, 7) is 9.07. The summed E-state index contributed by atoms with van der Waals surface area (Å²) in [5, 5.41) is 3.24. The molecule has 1 fully saturated rings. The molecule has 0 aromatic carbocycles. The van der Waals surface area contributed by atoms with Gasteiger partial charge in [-0.25, -0.2) is 0 Å². The Labute approximate surface area is 96.9 Å². The Morgan fingerprint density at radius 2 is 2.00 bits per heavy atom. The van der Waals surface area contributed by atoms with Crippen LogP contribution in [0.2, 0.25) is 0 Å². The molecule has 0 aromatic heterocycles. The molecule has 0 unspecified atom stereocenters. The molecule has 88 valence electrons. The minimum absolute atomic E-state index is 0.179. The molecule has 3 heteroatoms. The van der Waals surface area contributed by atoms with Crippen molar-refractivity contribution in [2.24, 2.45) is 5.41 Å². The summed E-state index contributed by atoms with van der Waals surface area (Å²) in [4.78, 5) is 12.0. The van der Waals surface area contributed by atoms with Crippen LogP contribution in [-0.4, -0.2) is 26.2 Å². The molecule has 0 bridgehead atoms. The van der Waals surface area contributed by atoms with Crippen LogP contribution in [0.15, 0.2) is 37.0 Å². The van der Waals surface area contributed by atoms with Crippen molar-refractivity contribution in [3.05, 3.63) is 37.0 Å². The number of carbonyl (C=O) groups is 1. The molecule has 16 heavy (non-hydrogen) atoms. The Balaban J connectivity index is 3.10. The van der Waals surface area contributed by atoms with Crippen molar-refractivity contribution in [3.8, 4) is 0 Å². The largest absolute Gasteiger partial charge is 0.468 e. The van der Waals surface area contributed by atoms with Gasteiger partial charge < -0.3 is 10.1 Å². The third-order valence-electron chi connectivity index (χ3n) is 3.10. The van der Waals surface area contributed by atoms with Crippen LogP contribution in [0.5, 0.6) is 0 Å². The van der Waals surface area contributed by atoms with Crippen LogP contribution >= 0.6 is 0 Å². The van der Waals surface area contributed by atoms with Gasteiger partial charge in [0.2, 0.25) is 0 Å². The van der Waals surface area contributed by atoms with Crippen molar-refractivity contribution >= 4 is 5.97 Å². The fourth-order valence-corrected chi connectivity index (χ4v) is 2.21. The van der Waals surface area contributed by atoms with Crippen LogP contribution < -0.4 is 5.32 Å². The van der Waals surface area contributed by atoms with Gasteiger partial charge in [0.25, 0.3) is 0 Å². The Kier molecular flexibility index (Phi) is 4.50. The van der Waals surface area contributed by atoms with E-state index in [1.165, 1.54) is 7.11 Å². The van der Waals surface area contributed by atoms with E-state index < -0.39 is 5.41 Å². The lowest BCUT2D eigenvalue weighted by molar-refractivity contribution is -0.151. The molecule has 1 saturated heterocycles. The summed E-state index contributed by atoms with van der Waals surface area (Å²) in [6, 6.07) is 0. The number of methoxy groups -OCH3 is 1. The highest BCUT2D eigenvalue weighted by molar-refractivity contribution is 5.81. The van der Waals surface area contributed by atoms with E-state index in [0.29, 0.717) is 0 Å². The maximum Gasteiger partial charge on any atom is 0.316 e. The average molecular weight is 221 g/mol. The molecule has 1 rings (SSSR count). The first-order valence-electron chi connectivity index (χ1n) is 5.46. The molecule has 0 radical (unpaired) electrons. The van der Waals surface area contributed by atoms with Gasteiger partial charge in [-0.2, -0.15) is 0 Å². The van der Waals surface area contributed by atoms with E-state index in [1.807, 2.05) is 6.08 Å². The first kappa shape index (κ1) is 12.7. The zero-order valence-corrected chi connectivity index (χ0v) is 9.79. The van der Waals surface area contributed by atoms with Crippen molar-refractivity contribution in [1.29, 1.82) is 0 Å². The van der Waals surface area contributed by atoms with Crippen molar-refractivity contribution < 1.29 is 9.53 Å². The predicted molar refractivity (Wildman–Crippen MR) is 65.0 cm³/mol. The van der Waals surface area contributed by atoms with E-state index in [4.69, 9.17) is 4.74 Å². The molecule has 1 N–H and O–H groups in total. The van der Waals surface area contributed by atoms with Crippen molar-refractivity contribution in [2.75, 3.05) is 20.2 Å². The van der Waals surface area contributed by atoms with Crippen LogP contribution in [0.4, 0.5) is 0 Å². The highest BCUT2D eigenvalue weighted by Crippen LogP contribution is 2.38. The molecular formula is C13H19NO2. The van der Waals surface area contributed by atoms with Gasteiger partial charge in [0, 0.05) is 0 Å². The van der Waals surface area contributed by atoms with Gasteiger partial charge in [0.15, 0.2) is 0 Å². The predicted octanol–water partition coefficient (Wildman–Crippen LogP) is 1.83. The molecule has 1 aliphatic rings. The Morgan fingerprint density at radius 1 is 1.38 bits per heavy atom. The lowest BCUT2D eigenvalue weighted by Crippen LogP contribution is -2.43. The number of rotatable bonds is 4. The second-order valence-electron chi connectivity index (χ2n) is 3.89. The number of hydrogen-bond acceptors (Lipinski definition) is 3. The quantitative estimate of drug-likeness (QED) is 0.581. The van der Waals surface area contributed by atoms with Gasteiger partial charge in [-0.1, -0.05) is 31.4 Å². The molecule has 0 amide bonds. The zero-order valence-electron chi connectivity index (χ0n) is 9.79. The number of nitrogens with one attached hydrogen (secondary N) is 1. The average Bonchev–Trinajstić information content (AvgIpc) is 2.35. The van der Waals surface area contributed by atoms with E-state index in [1.54, 1.807) is 12.2 Å². The molecule has 0 saturated carbocycles. The van der Waals surface area contributed by atoms with E-state index in [-0.39, 0.29) is 5.97 Å². The normalized spacial score (nSPS) is 19.9. The van der Waals surface area contributed by atoms with Gasteiger partial charge >= 0.3 is 5.97 Å². The van der Waals surface area contributed by atoms with Gasteiger partial charge in [0.05, 0.1) is 12.5 Å². The minimum atomic E-state index is -0.546. The number of piperidine rings is 1. The highest BCUT2D eigenvalue weighted by Gasteiger charge is 2.42. The minimum Gasteiger partial charge on any atom is -0.468 e. The van der Waals surface area contributed by atoms with Gasteiger partial charge in [-0.15, -0.1) is 0 Å². The van der Waals surface area contributed by atoms with Crippen LogP contribution in [0.1, 0.15) is 12.8 Å². The smallest absolute Gasteiger partial charge is 0.316 e. The molecule has 3 nitrogen and oxygen atoms in total. The standard InChI is InChI=1S/C13H19NO2/c1-4-6-11(5-2)13(12(15)16-3)7-9-14-10-8-13/h4-6,14H,1-2,7-10H2,3H3/b11-6+. The summed E-state index contributed by atoms with van der Waals surface area (Å²) in [6.07, 6.45) is 6.74. The summed E-state index contributed by atoms with van der Waals surface area (Å²) in [7, 11) is 1.43. The van der Waals surface area contributed by atoms with Gasteiger partial charge in [0.1, 0.15) is 0 Å². The lowest BCUT2D eigenvalue weighted by atomic mass is 9.72. The number of esters is 1. The number of carbonyl (C=O) groups excluding carboxylic acids is 1. The molecule has 1 aliphatic heterocycles. The SMILES string of the molecule is C=C/C=C(\C=C)C1(C(=O)OC)CCNCC1. The fourth-order valence-electron chi connectivity index (χ4n) is 2.21. The molecule has 0 aliphatic carbocycles. The topological polar surface area (TPSA) is 38.3 Å². The fraction of sp³-hybridized carbons (Fsp3) is 0.462. The summed E-state index contributed by atoms with van der Waals surface area (Å²) >= 11 is 0. The second kappa shape index (κ2) is 5.66. The third-order valence-corrected chi connectivity index (χ3v) is 3.10. The molecule has 0 spiro atoms. The van der Waals surface area contributed by atoms with Crippen LogP contribution in [-0.2, 0) is 9.53 Å². The number of allylic oxidation sites excluding steroid dienone is 3. The number of ether oxygens (including phenoxy) is 1. The molecule has 0 aromatic rings. The van der Waals surface area contributed by atoms with E-state index >= 15 is 0 Å². The number of hydrogen-bond donors (Lipinski definition) is 1. The maximum absolute atomic E-state index is 12.0. The summed E-state index contributed by atoms with van der Waals surface area (Å²) in [5.74, 6) is -0.179. The second-order valence-corrected chi connectivity index (χ2v) is 3.89. The Hall–Kier alpha value is -1.35. The van der Waals surface area contributed by atoms with Gasteiger partial charge in [-0.05, 0) is 31.5 Å².